The first kappa shape index (κ1) is 16.2. The third kappa shape index (κ3) is 3.99. The number of urea groups is 1. The molecule has 3 heterocycles. The third-order valence-corrected chi connectivity index (χ3v) is 3.86. The molecule has 2 amide bonds. The minimum Gasteiger partial charge on any atom is -0.378 e. The van der Waals surface area contributed by atoms with E-state index in [-0.39, 0.29) is 6.03 Å². The van der Waals surface area contributed by atoms with Crippen LogP contribution in [0.5, 0.6) is 0 Å². The van der Waals surface area contributed by atoms with Gasteiger partial charge in [0.15, 0.2) is 0 Å². The van der Waals surface area contributed by atoms with E-state index >= 15 is 0 Å². The fourth-order valence-corrected chi connectivity index (χ4v) is 2.57. The van der Waals surface area contributed by atoms with E-state index in [2.05, 4.69) is 25.5 Å². The summed E-state index contributed by atoms with van der Waals surface area (Å²) in [4.78, 5) is 22.9. The van der Waals surface area contributed by atoms with Crippen LogP contribution in [0.25, 0.3) is 0 Å². The molecule has 1 saturated heterocycles. The van der Waals surface area contributed by atoms with E-state index in [1.54, 1.807) is 12.4 Å². The van der Waals surface area contributed by atoms with E-state index in [1.807, 2.05) is 31.2 Å². The van der Waals surface area contributed by atoms with Crippen LogP contribution in [-0.2, 0) is 11.3 Å². The zero-order valence-corrected chi connectivity index (χ0v) is 13.7. The monoisotopic (exact) mass is 327 g/mol. The number of carbonyl (C=O) groups excluding carboxylic acids is 1. The van der Waals surface area contributed by atoms with Gasteiger partial charge in [-0.25, -0.2) is 14.8 Å². The Morgan fingerprint density at radius 2 is 1.96 bits per heavy atom. The molecule has 24 heavy (non-hydrogen) atoms. The SMILES string of the molecule is Cc1cccnc1NC(=O)NCc1cccnc1N1CCOCC1. The summed E-state index contributed by atoms with van der Waals surface area (Å²) in [6.45, 7) is 5.32. The van der Waals surface area contributed by atoms with Crippen LogP contribution in [0.3, 0.4) is 0 Å². The lowest BCUT2D eigenvalue weighted by atomic mass is 10.2. The van der Waals surface area contributed by atoms with Gasteiger partial charge in [-0.1, -0.05) is 12.1 Å². The summed E-state index contributed by atoms with van der Waals surface area (Å²) < 4.78 is 5.38. The van der Waals surface area contributed by atoms with Gasteiger partial charge in [-0.2, -0.15) is 0 Å². The lowest BCUT2D eigenvalue weighted by Crippen LogP contribution is -2.38. The Kier molecular flexibility index (Phi) is 5.22. The molecule has 3 rings (SSSR count). The molecule has 1 aliphatic heterocycles. The fourth-order valence-electron chi connectivity index (χ4n) is 2.57. The van der Waals surface area contributed by atoms with Crippen molar-refractivity contribution in [2.24, 2.45) is 0 Å². The topological polar surface area (TPSA) is 79.4 Å². The Morgan fingerprint density at radius 1 is 1.21 bits per heavy atom. The highest BCUT2D eigenvalue weighted by molar-refractivity contribution is 5.88. The Labute approximate surface area is 141 Å². The predicted octanol–water partition coefficient (Wildman–Crippen LogP) is 1.94. The molecule has 0 atom stereocenters. The van der Waals surface area contributed by atoms with Crippen LogP contribution in [-0.4, -0.2) is 42.3 Å². The molecule has 1 aliphatic rings. The largest absolute Gasteiger partial charge is 0.378 e. The molecule has 0 radical (unpaired) electrons. The number of nitrogens with zero attached hydrogens (tertiary/aromatic N) is 3. The number of nitrogens with one attached hydrogen (secondary N) is 2. The summed E-state index contributed by atoms with van der Waals surface area (Å²) >= 11 is 0. The van der Waals surface area contributed by atoms with Crippen molar-refractivity contribution in [3.63, 3.8) is 0 Å². The normalized spacial score (nSPS) is 14.3. The lowest BCUT2D eigenvalue weighted by molar-refractivity contribution is 0.122. The highest BCUT2D eigenvalue weighted by atomic mass is 16.5. The summed E-state index contributed by atoms with van der Waals surface area (Å²) in [6.07, 6.45) is 3.42. The predicted molar refractivity (Wildman–Crippen MR) is 92.1 cm³/mol. The number of rotatable bonds is 4. The van der Waals surface area contributed by atoms with Crippen molar-refractivity contribution in [3.05, 3.63) is 47.8 Å². The molecule has 2 aromatic heterocycles. The number of hydrogen-bond acceptors (Lipinski definition) is 5. The summed E-state index contributed by atoms with van der Waals surface area (Å²) in [7, 11) is 0. The van der Waals surface area contributed by atoms with Crippen molar-refractivity contribution in [1.29, 1.82) is 0 Å². The summed E-state index contributed by atoms with van der Waals surface area (Å²) in [5, 5.41) is 5.63. The molecule has 1 fully saturated rings. The molecule has 0 saturated carbocycles. The molecule has 126 valence electrons. The van der Waals surface area contributed by atoms with E-state index in [4.69, 9.17) is 4.74 Å². The number of carbonyl (C=O) groups is 1. The second-order valence-electron chi connectivity index (χ2n) is 5.56. The van der Waals surface area contributed by atoms with Crippen LogP contribution < -0.4 is 15.5 Å². The van der Waals surface area contributed by atoms with Crippen LogP contribution in [0, 0.1) is 6.92 Å². The lowest BCUT2D eigenvalue weighted by Gasteiger charge is -2.29. The van der Waals surface area contributed by atoms with Gasteiger partial charge in [-0.05, 0) is 24.6 Å². The van der Waals surface area contributed by atoms with Crippen molar-refractivity contribution in [2.45, 2.75) is 13.5 Å². The van der Waals surface area contributed by atoms with Crippen LogP contribution in [0.15, 0.2) is 36.7 Å². The van der Waals surface area contributed by atoms with Gasteiger partial charge in [0.25, 0.3) is 0 Å². The number of anilines is 2. The van der Waals surface area contributed by atoms with E-state index in [0.717, 1.165) is 30.0 Å². The van der Waals surface area contributed by atoms with Crippen LogP contribution in [0.4, 0.5) is 16.4 Å². The molecule has 0 bridgehead atoms. The Bertz CT molecular complexity index is 701. The number of aryl methyl sites for hydroxylation is 1. The van der Waals surface area contributed by atoms with E-state index in [1.165, 1.54) is 0 Å². The van der Waals surface area contributed by atoms with Gasteiger partial charge < -0.3 is 15.0 Å². The van der Waals surface area contributed by atoms with E-state index < -0.39 is 0 Å². The standard InChI is InChI=1S/C17H21N5O2/c1-13-4-2-6-18-15(13)21-17(23)20-12-14-5-3-7-19-16(14)22-8-10-24-11-9-22/h2-7H,8-12H2,1H3,(H2,18,20,21,23). The number of morpholine rings is 1. The average molecular weight is 327 g/mol. The summed E-state index contributed by atoms with van der Waals surface area (Å²) in [6, 6.07) is 7.31. The zero-order valence-electron chi connectivity index (χ0n) is 13.7. The number of aromatic nitrogens is 2. The first-order valence-electron chi connectivity index (χ1n) is 7.97. The summed E-state index contributed by atoms with van der Waals surface area (Å²) in [5.74, 6) is 1.46. The van der Waals surface area contributed by atoms with E-state index in [9.17, 15) is 4.79 Å². The second kappa shape index (κ2) is 7.74. The Balaban J connectivity index is 1.62. The summed E-state index contributed by atoms with van der Waals surface area (Å²) in [5.41, 5.74) is 1.90. The molecule has 0 unspecified atom stereocenters. The van der Waals surface area contributed by atoms with Crippen molar-refractivity contribution in [2.75, 3.05) is 36.5 Å². The maximum absolute atomic E-state index is 12.1. The number of amides is 2. The maximum atomic E-state index is 12.1. The van der Waals surface area contributed by atoms with Crippen LogP contribution in [0.2, 0.25) is 0 Å². The second-order valence-corrected chi connectivity index (χ2v) is 5.56. The maximum Gasteiger partial charge on any atom is 0.320 e. The van der Waals surface area contributed by atoms with Crippen LogP contribution in [0.1, 0.15) is 11.1 Å². The first-order valence-corrected chi connectivity index (χ1v) is 7.97. The molecule has 0 spiro atoms. The smallest absolute Gasteiger partial charge is 0.320 e. The molecular weight excluding hydrogens is 306 g/mol. The highest BCUT2D eigenvalue weighted by Crippen LogP contribution is 2.18. The quantitative estimate of drug-likeness (QED) is 0.897. The number of pyridine rings is 2. The minimum atomic E-state index is -0.284. The first-order chi connectivity index (χ1) is 11.7. The van der Waals surface area contributed by atoms with Gasteiger partial charge in [0.2, 0.25) is 0 Å². The van der Waals surface area contributed by atoms with Gasteiger partial charge >= 0.3 is 6.03 Å². The van der Waals surface area contributed by atoms with Gasteiger partial charge in [0.05, 0.1) is 13.2 Å². The third-order valence-electron chi connectivity index (χ3n) is 3.86. The molecule has 0 aromatic carbocycles. The van der Waals surface area contributed by atoms with Crippen LogP contribution >= 0.6 is 0 Å². The van der Waals surface area contributed by atoms with Crippen molar-refractivity contribution >= 4 is 17.7 Å². The number of ether oxygens (including phenoxy) is 1. The van der Waals surface area contributed by atoms with Gasteiger partial charge in [-0.15, -0.1) is 0 Å². The van der Waals surface area contributed by atoms with E-state index in [0.29, 0.717) is 25.6 Å². The van der Waals surface area contributed by atoms with Crippen molar-refractivity contribution in [1.82, 2.24) is 15.3 Å². The Morgan fingerprint density at radius 3 is 2.75 bits per heavy atom. The average Bonchev–Trinajstić information content (AvgIpc) is 2.63. The molecule has 7 nitrogen and oxygen atoms in total. The van der Waals surface area contributed by atoms with Gasteiger partial charge in [0, 0.05) is 37.6 Å². The molecular formula is C17H21N5O2. The minimum absolute atomic E-state index is 0.284. The van der Waals surface area contributed by atoms with Gasteiger partial charge in [-0.3, -0.25) is 5.32 Å². The Hall–Kier alpha value is -2.67. The van der Waals surface area contributed by atoms with Crippen molar-refractivity contribution < 1.29 is 9.53 Å². The van der Waals surface area contributed by atoms with Crippen molar-refractivity contribution in [3.8, 4) is 0 Å². The molecule has 7 heteroatoms. The molecule has 2 aromatic rings. The molecule has 0 aliphatic carbocycles. The highest BCUT2D eigenvalue weighted by Gasteiger charge is 2.16. The van der Waals surface area contributed by atoms with Gasteiger partial charge in [0.1, 0.15) is 11.6 Å². The molecule has 2 N–H and O–H groups in total. The zero-order chi connectivity index (χ0) is 16.8. The number of hydrogen-bond donors (Lipinski definition) is 2. The fraction of sp³-hybridized carbons (Fsp3) is 0.353.